The predicted octanol–water partition coefficient (Wildman–Crippen LogP) is 3.57. The van der Waals surface area contributed by atoms with Gasteiger partial charge in [-0.25, -0.2) is 14.1 Å². The fourth-order valence-electron chi connectivity index (χ4n) is 3.62. The lowest BCUT2D eigenvalue weighted by Crippen LogP contribution is -2.36. The molecular formula is C21H19ClF3N7O2. The van der Waals surface area contributed by atoms with Crippen molar-refractivity contribution in [2.75, 3.05) is 12.3 Å². The van der Waals surface area contributed by atoms with Gasteiger partial charge in [-0.05, 0) is 18.2 Å². The number of pyridine rings is 1. The number of aryl methyl sites for hydroxylation is 1. The maximum absolute atomic E-state index is 14.6. The molecule has 1 atom stereocenters. The second-order valence-electron chi connectivity index (χ2n) is 7.35. The van der Waals surface area contributed by atoms with E-state index in [2.05, 4.69) is 19.9 Å². The van der Waals surface area contributed by atoms with Crippen molar-refractivity contribution in [2.24, 2.45) is 7.05 Å². The molecule has 178 valence electrons. The van der Waals surface area contributed by atoms with E-state index in [-0.39, 0.29) is 40.6 Å². The van der Waals surface area contributed by atoms with E-state index >= 15 is 0 Å². The molecule has 3 aromatic heterocycles. The summed E-state index contributed by atoms with van der Waals surface area (Å²) in [6.45, 7) is -3.29. The Balaban J connectivity index is 1.72. The standard InChI is InChI=1S/C21H19ClF3N7O2/c1-30-20(27-11-29-30)13-8-28-31(9-13)16(6-7-34-21(24)25)17-5-2-12(10-32(17)33)18-15(26)4-3-14(22)19(18)23/h2-5,8-11,16,21H,6-7,26H2,1H3/t16-/m1/s1. The van der Waals surface area contributed by atoms with Crippen LogP contribution in [0.2, 0.25) is 5.02 Å². The van der Waals surface area contributed by atoms with Gasteiger partial charge < -0.3 is 15.7 Å². The van der Waals surface area contributed by atoms with Crippen LogP contribution in [0.4, 0.5) is 18.9 Å². The molecule has 4 rings (SSSR count). The molecule has 0 radical (unpaired) electrons. The molecule has 0 saturated heterocycles. The second kappa shape index (κ2) is 9.69. The third kappa shape index (κ3) is 4.68. The van der Waals surface area contributed by atoms with Crippen LogP contribution in [0, 0.1) is 11.0 Å². The number of alkyl halides is 2. The van der Waals surface area contributed by atoms with Crippen molar-refractivity contribution in [3.63, 3.8) is 0 Å². The van der Waals surface area contributed by atoms with Gasteiger partial charge in [0.25, 0.3) is 0 Å². The highest BCUT2D eigenvalue weighted by Gasteiger charge is 2.26. The van der Waals surface area contributed by atoms with E-state index in [0.717, 1.165) is 6.20 Å². The zero-order chi connectivity index (χ0) is 24.4. The number of anilines is 1. The molecule has 2 N–H and O–H groups in total. The topological polar surface area (TPSA) is 111 Å². The Labute approximate surface area is 196 Å². The van der Waals surface area contributed by atoms with Crippen molar-refractivity contribution in [1.82, 2.24) is 24.5 Å². The highest BCUT2D eigenvalue weighted by Crippen LogP contribution is 2.33. The molecule has 0 saturated carbocycles. The third-order valence-corrected chi connectivity index (χ3v) is 5.52. The molecule has 3 heterocycles. The highest BCUT2D eigenvalue weighted by atomic mass is 35.5. The van der Waals surface area contributed by atoms with Crippen LogP contribution >= 0.6 is 11.6 Å². The van der Waals surface area contributed by atoms with Crippen molar-refractivity contribution >= 4 is 17.3 Å². The number of hydrogen-bond donors (Lipinski definition) is 1. The number of rotatable bonds is 8. The lowest BCUT2D eigenvalue weighted by atomic mass is 10.0. The van der Waals surface area contributed by atoms with Crippen LogP contribution in [-0.2, 0) is 11.8 Å². The molecule has 0 aliphatic rings. The molecule has 0 amide bonds. The normalized spacial score (nSPS) is 12.4. The van der Waals surface area contributed by atoms with Gasteiger partial charge in [-0.3, -0.25) is 4.68 Å². The van der Waals surface area contributed by atoms with E-state index < -0.39 is 18.5 Å². The van der Waals surface area contributed by atoms with Crippen LogP contribution in [0.1, 0.15) is 18.2 Å². The van der Waals surface area contributed by atoms with Crippen molar-refractivity contribution in [3.8, 4) is 22.5 Å². The minimum atomic E-state index is -2.96. The van der Waals surface area contributed by atoms with Gasteiger partial charge in [0.2, 0.25) is 5.69 Å². The van der Waals surface area contributed by atoms with E-state index in [0.29, 0.717) is 16.1 Å². The minimum absolute atomic E-state index is 0.00936. The van der Waals surface area contributed by atoms with Crippen LogP contribution in [0.25, 0.3) is 22.5 Å². The number of nitrogens with zero attached hydrogens (tertiary/aromatic N) is 6. The molecule has 0 spiro atoms. The van der Waals surface area contributed by atoms with Crippen molar-refractivity contribution < 1.29 is 22.6 Å². The summed E-state index contributed by atoms with van der Waals surface area (Å²) < 4.78 is 47.6. The van der Waals surface area contributed by atoms with Crippen molar-refractivity contribution in [2.45, 2.75) is 19.1 Å². The molecular weight excluding hydrogens is 475 g/mol. The average molecular weight is 494 g/mol. The molecule has 0 unspecified atom stereocenters. The van der Waals surface area contributed by atoms with Gasteiger partial charge in [0.15, 0.2) is 17.8 Å². The number of benzene rings is 1. The van der Waals surface area contributed by atoms with E-state index in [1.54, 1.807) is 17.9 Å². The number of nitrogen functional groups attached to an aromatic ring is 1. The van der Waals surface area contributed by atoms with Gasteiger partial charge >= 0.3 is 6.61 Å². The molecule has 1 aromatic carbocycles. The number of nitrogens with two attached hydrogens (primary N) is 1. The summed E-state index contributed by atoms with van der Waals surface area (Å²) in [5, 5.41) is 21.1. The van der Waals surface area contributed by atoms with E-state index in [4.69, 9.17) is 17.3 Å². The summed E-state index contributed by atoms with van der Waals surface area (Å²) in [6.07, 6.45) is 5.69. The van der Waals surface area contributed by atoms with Gasteiger partial charge in [0, 0.05) is 37.0 Å². The smallest absolute Gasteiger partial charge is 0.345 e. The van der Waals surface area contributed by atoms with Crippen molar-refractivity contribution in [1.29, 1.82) is 0 Å². The Morgan fingerprint density at radius 2 is 2.00 bits per heavy atom. The van der Waals surface area contributed by atoms with Crippen LogP contribution in [0.15, 0.2) is 49.2 Å². The Bertz CT molecular complexity index is 1310. The van der Waals surface area contributed by atoms with E-state index in [9.17, 15) is 18.4 Å². The Hall–Kier alpha value is -3.64. The Morgan fingerprint density at radius 1 is 1.21 bits per heavy atom. The third-order valence-electron chi connectivity index (χ3n) is 5.23. The molecule has 13 heteroatoms. The quantitative estimate of drug-likeness (QED) is 0.228. The van der Waals surface area contributed by atoms with Gasteiger partial charge in [-0.1, -0.05) is 11.6 Å². The summed E-state index contributed by atoms with van der Waals surface area (Å²) in [5.74, 6) is -0.220. The Morgan fingerprint density at radius 3 is 2.68 bits per heavy atom. The first-order chi connectivity index (χ1) is 16.3. The monoisotopic (exact) mass is 493 g/mol. The van der Waals surface area contributed by atoms with Crippen LogP contribution in [0.3, 0.4) is 0 Å². The van der Waals surface area contributed by atoms with E-state index in [1.165, 1.54) is 41.5 Å². The fourth-order valence-corrected chi connectivity index (χ4v) is 3.78. The molecule has 9 nitrogen and oxygen atoms in total. The number of aromatic nitrogens is 6. The molecule has 0 fully saturated rings. The summed E-state index contributed by atoms with van der Waals surface area (Å²) >= 11 is 5.86. The minimum Gasteiger partial charge on any atom is -0.618 e. The highest BCUT2D eigenvalue weighted by molar-refractivity contribution is 6.31. The van der Waals surface area contributed by atoms with Crippen LogP contribution in [0.5, 0.6) is 0 Å². The fraction of sp³-hybridized carbons (Fsp3) is 0.238. The first-order valence-electron chi connectivity index (χ1n) is 10.0. The first kappa shape index (κ1) is 23.5. The van der Waals surface area contributed by atoms with E-state index in [1.807, 2.05) is 0 Å². The first-order valence-corrected chi connectivity index (χ1v) is 10.4. The SMILES string of the molecule is Cn1ncnc1-c1cnn([C@H](CCOC(F)F)c2ccc(-c3c(N)ccc(Cl)c3F)c[n+]2[O-])c1. The van der Waals surface area contributed by atoms with Gasteiger partial charge in [-0.15, -0.1) is 0 Å². The molecule has 0 bridgehead atoms. The summed E-state index contributed by atoms with van der Waals surface area (Å²) in [6, 6.07) is 4.95. The number of hydrogen-bond acceptors (Lipinski definition) is 6. The maximum atomic E-state index is 14.6. The summed E-state index contributed by atoms with van der Waals surface area (Å²) in [4.78, 5) is 4.15. The molecule has 34 heavy (non-hydrogen) atoms. The average Bonchev–Trinajstić information content (AvgIpc) is 3.43. The molecule has 0 aliphatic heterocycles. The van der Waals surface area contributed by atoms with Gasteiger partial charge in [0.05, 0.1) is 29.0 Å². The van der Waals surface area contributed by atoms with Crippen LogP contribution in [-0.4, -0.2) is 37.8 Å². The zero-order valence-corrected chi connectivity index (χ0v) is 18.5. The summed E-state index contributed by atoms with van der Waals surface area (Å²) in [7, 11) is 1.71. The van der Waals surface area contributed by atoms with Crippen molar-refractivity contribution in [3.05, 3.63) is 70.9 Å². The lowest BCUT2D eigenvalue weighted by molar-refractivity contribution is -0.615. The molecule has 4 aromatic rings. The largest absolute Gasteiger partial charge is 0.618 e. The van der Waals surface area contributed by atoms with Crippen LogP contribution < -0.4 is 10.5 Å². The zero-order valence-electron chi connectivity index (χ0n) is 17.8. The number of halogens is 4. The second-order valence-corrected chi connectivity index (χ2v) is 7.75. The summed E-state index contributed by atoms with van der Waals surface area (Å²) in [5.41, 5.74) is 6.99. The van der Waals surface area contributed by atoms with Gasteiger partial charge in [0.1, 0.15) is 12.4 Å². The predicted molar refractivity (Wildman–Crippen MR) is 117 cm³/mol. The molecule has 0 aliphatic carbocycles. The lowest BCUT2D eigenvalue weighted by Gasteiger charge is -2.18. The maximum Gasteiger partial charge on any atom is 0.345 e. The van der Waals surface area contributed by atoms with Gasteiger partial charge in [-0.2, -0.15) is 23.7 Å². The number of ether oxygens (including phenoxy) is 1. The Kier molecular flexibility index (Phi) is 6.70.